The molecule has 0 amide bonds. The lowest BCUT2D eigenvalue weighted by molar-refractivity contribution is -0.354. The van der Waals surface area contributed by atoms with Crippen molar-refractivity contribution in [2.75, 3.05) is 39.6 Å². The Morgan fingerprint density at radius 2 is 0.679 bits per heavy atom. The molecule has 6 aliphatic rings. The number of aliphatic hydroxyl groups is 16. The van der Waals surface area contributed by atoms with Crippen LogP contribution in [-0.2, 0) is 47.4 Å². The molecule has 0 aromatic heterocycles. The number of hydrogen-bond donors (Lipinski definition) is 22. The summed E-state index contributed by atoms with van der Waals surface area (Å²) in [5, 5.41) is 173. The van der Waals surface area contributed by atoms with E-state index in [1.807, 2.05) is 0 Å². The van der Waals surface area contributed by atoms with E-state index in [1.165, 1.54) is 12.1 Å². The minimum Gasteiger partial charge on any atom is -0.394 e. The molecule has 28 N–H and O–H groups in total. The Hall–Kier alpha value is -2.72. The lowest BCUT2D eigenvalue weighted by atomic mass is 9.76. The molecule has 30 atom stereocenters. The van der Waals surface area contributed by atoms with Gasteiger partial charge in [-0.15, -0.1) is 0 Å². The van der Waals surface area contributed by atoms with Gasteiger partial charge in [-0.1, -0.05) is 24.3 Å². The summed E-state index contributed by atoms with van der Waals surface area (Å²) >= 11 is 0. The fraction of sp³-hybridized carbons (Fsp3) is 0.818. The van der Waals surface area contributed by atoms with Crippen molar-refractivity contribution in [1.82, 2.24) is 0 Å². The molecule has 4 unspecified atom stereocenters. The van der Waals surface area contributed by atoms with Crippen LogP contribution < -0.4 is 34.4 Å². The van der Waals surface area contributed by atoms with E-state index in [4.69, 9.17) is 81.8 Å². The molecule has 34 heteroatoms. The second-order valence-corrected chi connectivity index (χ2v) is 19.9. The second-order valence-electron chi connectivity index (χ2n) is 19.9. The molecule has 0 radical (unpaired) electrons. The van der Waals surface area contributed by atoms with Crippen LogP contribution >= 0.6 is 0 Å². The predicted molar refractivity (Wildman–Crippen MR) is 247 cm³/mol. The summed E-state index contributed by atoms with van der Waals surface area (Å²) in [4.78, 5) is 29.8. The lowest BCUT2D eigenvalue weighted by Gasteiger charge is -2.51. The van der Waals surface area contributed by atoms with Gasteiger partial charge >= 0.3 is 0 Å². The van der Waals surface area contributed by atoms with Crippen LogP contribution in [0.5, 0.6) is 0 Å². The number of aliphatic hydroxyl groups excluding tert-OH is 16. The van der Waals surface area contributed by atoms with Crippen LogP contribution in [0.1, 0.15) is 20.7 Å². The SMILES string of the molecule is N[C@H]1[C@@H](OC2[C@@H](CO)O[C@@H](OC3[C@@H](CO)O[C@@H](O)[C@H](N)[C@H]3O)[C@H](N)[C@H]2O)O[C@@](CO)(C(=O)c2ccccc2C(=O)[C@]2(CO)O[C@H](OC3[C@@H](CO)O[C@@H](OC4[C@@H](CO)O[C@@H](O)[C@H](N)[C@H]4O)[C@H](N)[C@H]3O)[C@H](N)[C@@H](O)[C@@H]2O)[C@@H](O)[C@@H]1O. The van der Waals surface area contributed by atoms with Gasteiger partial charge in [0.25, 0.3) is 0 Å². The van der Waals surface area contributed by atoms with E-state index < -0.39 is 245 Å². The Morgan fingerprint density at radius 1 is 0.410 bits per heavy atom. The maximum absolute atomic E-state index is 14.9. The topological polar surface area (TPSA) is 606 Å². The van der Waals surface area contributed by atoms with Gasteiger partial charge in [0.05, 0.1) is 75.9 Å². The van der Waals surface area contributed by atoms with E-state index in [0.717, 1.165) is 12.1 Å². The highest BCUT2D eigenvalue weighted by molar-refractivity contribution is 6.15. The number of nitrogens with two attached hydrogens (primary N) is 6. The van der Waals surface area contributed by atoms with Crippen LogP contribution in [0, 0.1) is 0 Å². The van der Waals surface area contributed by atoms with Crippen molar-refractivity contribution < 1.29 is 139 Å². The minimum absolute atomic E-state index is 0.776. The molecule has 6 saturated heterocycles. The first-order valence-corrected chi connectivity index (χ1v) is 24.6. The summed E-state index contributed by atoms with van der Waals surface area (Å²) in [6, 6.07) is -5.62. The van der Waals surface area contributed by atoms with E-state index >= 15 is 0 Å². The Bertz CT molecular complexity index is 2020. The molecule has 1 aromatic rings. The number of carbonyl (C=O) groups excluding carboxylic acids is 2. The maximum Gasteiger partial charge on any atom is 0.200 e. The van der Waals surface area contributed by atoms with Crippen LogP contribution in [-0.4, -0.2) is 316 Å². The number of rotatable bonds is 18. The Morgan fingerprint density at radius 3 is 0.974 bits per heavy atom. The number of ether oxygens (including phenoxy) is 10. The average molecular weight is 1130 g/mol. The van der Waals surface area contributed by atoms with Crippen molar-refractivity contribution in [1.29, 1.82) is 0 Å². The Balaban J connectivity index is 1.12. The van der Waals surface area contributed by atoms with Crippen molar-refractivity contribution in [2.24, 2.45) is 34.4 Å². The maximum atomic E-state index is 14.9. The van der Waals surface area contributed by atoms with Crippen molar-refractivity contribution in [3.63, 3.8) is 0 Å². The third-order valence-corrected chi connectivity index (χ3v) is 15.1. The number of carbonyl (C=O) groups is 2. The Labute approximate surface area is 441 Å². The van der Waals surface area contributed by atoms with Crippen molar-refractivity contribution in [2.45, 2.75) is 183 Å². The molecule has 1 aromatic carbocycles. The molecule has 6 aliphatic heterocycles. The van der Waals surface area contributed by atoms with Gasteiger partial charge in [0, 0.05) is 11.1 Å². The number of ketones is 2. The zero-order chi connectivity index (χ0) is 57.6. The van der Waals surface area contributed by atoms with Crippen molar-refractivity contribution in [3.8, 4) is 0 Å². The van der Waals surface area contributed by atoms with Crippen molar-refractivity contribution in [3.05, 3.63) is 35.4 Å². The molecule has 6 heterocycles. The lowest BCUT2D eigenvalue weighted by Crippen LogP contribution is -2.73. The van der Waals surface area contributed by atoms with Gasteiger partial charge in [0.15, 0.2) is 48.9 Å². The van der Waals surface area contributed by atoms with Gasteiger partial charge in [-0.3, -0.25) is 9.59 Å². The first-order valence-electron chi connectivity index (χ1n) is 24.6. The molecule has 0 bridgehead atoms. The van der Waals surface area contributed by atoms with Crippen LogP contribution in [0.15, 0.2) is 24.3 Å². The van der Waals surface area contributed by atoms with Crippen LogP contribution in [0.25, 0.3) is 0 Å². The van der Waals surface area contributed by atoms with E-state index in [0.29, 0.717) is 0 Å². The molecular weight excluding hydrogens is 1060 g/mol. The normalized spacial score (nSPS) is 49.3. The zero-order valence-corrected chi connectivity index (χ0v) is 41.2. The van der Waals surface area contributed by atoms with Crippen molar-refractivity contribution >= 4 is 11.6 Å². The number of hydrogen-bond acceptors (Lipinski definition) is 34. The molecular formula is C44H72N6O28. The summed E-state index contributed by atoms with van der Waals surface area (Å²) in [5.74, 6) is -3.00. The summed E-state index contributed by atoms with van der Waals surface area (Å²) in [5.41, 5.74) is 28.9. The minimum atomic E-state index is -3.06. The molecule has 0 aliphatic carbocycles. The summed E-state index contributed by atoms with van der Waals surface area (Å²) in [6.07, 6.45) is -40.6. The van der Waals surface area contributed by atoms with E-state index in [-0.39, 0.29) is 0 Å². The van der Waals surface area contributed by atoms with Crippen LogP contribution in [0.3, 0.4) is 0 Å². The fourth-order valence-corrected chi connectivity index (χ4v) is 10.3. The van der Waals surface area contributed by atoms with Gasteiger partial charge in [-0.2, -0.15) is 0 Å². The Kier molecular flexibility index (Phi) is 20.5. The molecule has 6 fully saturated rings. The van der Waals surface area contributed by atoms with Gasteiger partial charge in [-0.05, 0) is 0 Å². The van der Waals surface area contributed by atoms with Crippen LogP contribution in [0.2, 0.25) is 0 Å². The van der Waals surface area contributed by atoms with E-state index in [9.17, 15) is 91.3 Å². The summed E-state index contributed by atoms with van der Waals surface area (Å²) < 4.78 is 57.0. The van der Waals surface area contributed by atoms with Gasteiger partial charge in [-0.25, -0.2) is 0 Å². The van der Waals surface area contributed by atoms with Crippen LogP contribution in [0.4, 0.5) is 0 Å². The summed E-state index contributed by atoms with van der Waals surface area (Å²) in [7, 11) is 0. The van der Waals surface area contributed by atoms with E-state index in [1.54, 1.807) is 0 Å². The zero-order valence-electron chi connectivity index (χ0n) is 41.2. The quantitative estimate of drug-likeness (QED) is 0.0607. The number of Topliss-reactive ketones (excluding diaryl/α,β-unsaturated/α-hetero) is 2. The van der Waals surface area contributed by atoms with Gasteiger partial charge in [0.2, 0.25) is 11.6 Å². The highest BCUT2D eigenvalue weighted by atomic mass is 16.8. The molecule has 0 saturated carbocycles. The predicted octanol–water partition coefficient (Wildman–Crippen LogP) is -14.5. The molecule has 34 nitrogen and oxygen atoms in total. The third-order valence-electron chi connectivity index (χ3n) is 15.1. The van der Waals surface area contributed by atoms with Gasteiger partial charge < -0.3 is 163 Å². The second kappa shape index (κ2) is 25.4. The third kappa shape index (κ3) is 11.3. The molecule has 78 heavy (non-hydrogen) atoms. The highest BCUT2D eigenvalue weighted by Crippen LogP contribution is 2.40. The monoisotopic (exact) mass is 1130 g/mol. The first-order chi connectivity index (χ1) is 36.8. The first kappa shape index (κ1) is 62.9. The average Bonchev–Trinajstić information content (AvgIpc) is 3.45. The number of benzene rings is 1. The molecule has 446 valence electrons. The highest BCUT2D eigenvalue weighted by Gasteiger charge is 2.63. The largest absolute Gasteiger partial charge is 0.394 e. The fourth-order valence-electron chi connectivity index (χ4n) is 10.3. The van der Waals surface area contributed by atoms with E-state index in [2.05, 4.69) is 0 Å². The molecule has 0 spiro atoms. The summed E-state index contributed by atoms with van der Waals surface area (Å²) in [6.45, 7) is -6.64. The molecule has 7 rings (SSSR count). The standard InChI is InChI=1S/C44H72N6O28/c45-17-23(57)29(13(5-51)69-37(17)67)73-39-19(47)25(59)31(15(7-53)71-39)75-41-21(49)27(61)35(65)43(9-55,77-41)33(63)11-3-1-2-4-12(11)34(64)44(10-56)36(66)28(62)22(50)42(78-44)76-32-16(8-54)72-40(20(48)26(32)60)74-30-14(6-52)70-38(68)18(46)24(30)58/h1-4,13-32,35-42,51-62,65-68H,5-10,45-50H2/t13-,14-,15-,16-,17-,18-,19-,20-,21-,22-,23-,24-,25-,26-,27-,28-,29?,30?,31?,32?,35+,36+,37-,38-,39+,40+,41+,42+,43+,44+/m1/s1. The smallest absolute Gasteiger partial charge is 0.200 e. The van der Waals surface area contributed by atoms with Gasteiger partial charge in [0.1, 0.15) is 97.7 Å².